The van der Waals surface area contributed by atoms with Gasteiger partial charge >= 0.3 is 0 Å². The summed E-state index contributed by atoms with van der Waals surface area (Å²) in [6, 6.07) is 9.64. The zero-order valence-corrected chi connectivity index (χ0v) is 21.1. The zero-order chi connectivity index (χ0) is 26.2. The summed E-state index contributed by atoms with van der Waals surface area (Å²) < 4.78 is 68.8. The van der Waals surface area contributed by atoms with Crippen LogP contribution in [-0.2, 0) is 0 Å². The molecule has 0 fully saturated rings. The smallest absolute Gasteiger partial charge is 0.235 e. The number of carbonyl (C=O) groups is 3. The normalized spacial score (nSPS) is 12.7. The van der Waals surface area contributed by atoms with Gasteiger partial charge in [-0.1, -0.05) is 6.07 Å². The first-order chi connectivity index (χ1) is 17.7. The van der Waals surface area contributed by atoms with Crippen LogP contribution in [0.5, 0.6) is 0 Å². The highest BCUT2D eigenvalue weighted by Crippen LogP contribution is 2.49. The Balaban J connectivity index is 1.40. The standard InChI is InChI=1S/C25H7F5O3S4/c26-16-15(17(27)19(29)20(30)18(16)28)23(33)12-4-3-11(35-12)14-7-9-22(32)21(31)8-6-13(10-2-1-5-34-10)36-24(8)25(9)37-14/h1-7H. The first-order valence-corrected chi connectivity index (χ1v) is 13.6. The van der Waals surface area contributed by atoms with Crippen molar-refractivity contribution in [2.75, 3.05) is 0 Å². The Morgan fingerprint density at radius 2 is 1.16 bits per heavy atom. The van der Waals surface area contributed by atoms with E-state index in [4.69, 9.17) is 0 Å². The van der Waals surface area contributed by atoms with Crippen LogP contribution in [0.25, 0.3) is 29.3 Å². The van der Waals surface area contributed by atoms with Gasteiger partial charge in [-0.2, -0.15) is 0 Å². The van der Waals surface area contributed by atoms with E-state index in [0.29, 0.717) is 25.1 Å². The maximum Gasteiger partial charge on any atom is 0.235 e. The van der Waals surface area contributed by atoms with Crippen molar-refractivity contribution in [3.8, 4) is 29.3 Å². The highest BCUT2D eigenvalue weighted by molar-refractivity contribution is 7.29. The van der Waals surface area contributed by atoms with E-state index < -0.39 is 52.0 Å². The molecule has 4 aromatic heterocycles. The van der Waals surface area contributed by atoms with E-state index in [-0.39, 0.29) is 10.4 Å². The number of hydrogen-bond donors (Lipinski definition) is 0. The van der Waals surface area contributed by atoms with Crippen LogP contribution < -0.4 is 0 Å². The molecule has 184 valence electrons. The summed E-state index contributed by atoms with van der Waals surface area (Å²) in [7, 11) is 0. The van der Waals surface area contributed by atoms with Gasteiger partial charge in [0.1, 0.15) is 5.56 Å². The summed E-state index contributed by atoms with van der Waals surface area (Å²) >= 11 is 4.85. The van der Waals surface area contributed by atoms with Gasteiger partial charge in [0.2, 0.25) is 23.2 Å². The molecule has 0 bridgehead atoms. The number of rotatable bonds is 4. The van der Waals surface area contributed by atoms with Crippen LogP contribution in [0.15, 0.2) is 41.8 Å². The van der Waals surface area contributed by atoms with Crippen molar-refractivity contribution in [2.45, 2.75) is 0 Å². The molecule has 0 N–H and O–H groups in total. The lowest BCUT2D eigenvalue weighted by Gasteiger charge is -2.08. The van der Waals surface area contributed by atoms with Crippen LogP contribution in [0.4, 0.5) is 22.0 Å². The molecule has 1 aliphatic rings. The SMILES string of the molecule is O=C1C(=O)c2cc(-c3ccc(C(=O)c4c(F)c(F)c(F)c(F)c4F)s3)sc2-c2sc(-c3cccs3)cc21. The van der Waals surface area contributed by atoms with E-state index in [9.17, 15) is 36.3 Å². The van der Waals surface area contributed by atoms with Crippen LogP contribution in [0, 0.1) is 29.1 Å². The topological polar surface area (TPSA) is 51.2 Å². The minimum Gasteiger partial charge on any atom is -0.287 e. The first-order valence-electron chi connectivity index (χ1n) is 10.2. The van der Waals surface area contributed by atoms with E-state index in [0.717, 1.165) is 21.1 Å². The molecule has 0 atom stereocenters. The van der Waals surface area contributed by atoms with Gasteiger partial charge in [0, 0.05) is 30.6 Å². The summed E-state index contributed by atoms with van der Waals surface area (Å²) in [6.45, 7) is 0. The maximum atomic E-state index is 14.1. The molecule has 37 heavy (non-hydrogen) atoms. The number of halogens is 5. The second-order valence-corrected chi connectivity index (χ2v) is 11.9. The molecule has 0 saturated carbocycles. The molecule has 0 aliphatic heterocycles. The molecule has 4 heterocycles. The lowest BCUT2D eigenvalue weighted by atomic mass is 9.95. The molecular formula is C25H7F5O3S4. The molecule has 6 rings (SSSR count). The fourth-order valence-electron chi connectivity index (χ4n) is 3.88. The van der Waals surface area contributed by atoms with E-state index in [1.165, 1.54) is 52.2 Å². The highest BCUT2D eigenvalue weighted by Gasteiger charge is 2.35. The highest BCUT2D eigenvalue weighted by atomic mass is 32.1. The first kappa shape index (κ1) is 24.0. The number of benzene rings is 1. The van der Waals surface area contributed by atoms with Crippen LogP contribution in [-0.4, -0.2) is 17.3 Å². The Morgan fingerprint density at radius 1 is 0.622 bits per heavy atom. The monoisotopic (exact) mass is 578 g/mol. The van der Waals surface area contributed by atoms with Crippen molar-refractivity contribution in [3.63, 3.8) is 0 Å². The second kappa shape index (κ2) is 8.62. The molecule has 1 aliphatic carbocycles. The number of hydrogen-bond acceptors (Lipinski definition) is 7. The van der Waals surface area contributed by atoms with Crippen molar-refractivity contribution >= 4 is 62.7 Å². The summed E-state index contributed by atoms with van der Waals surface area (Å²) in [5.74, 6) is -13.8. The van der Waals surface area contributed by atoms with Crippen LogP contribution in [0.2, 0.25) is 0 Å². The van der Waals surface area contributed by atoms with Gasteiger partial charge in [-0.25, -0.2) is 22.0 Å². The van der Waals surface area contributed by atoms with Crippen LogP contribution in [0.1, 0.15) is 36.0 Å². The molecule has 0 spiro atoms. The van der Waals surface area contributed by atoms with Crippen molar-refractivity contribution in [3.05, 3.63) is 92.4 Å². The molecule has 12 heteroatoms. The third-order valence-electron chi connectivity index (χ3n) is 5.64. The fraction of sp³-hybridized carbons (Fsp3) is 0. The van der Waals surface area contributed by atoms with Crippen molar-refractivity contribution in [2.24, 2.45) is 0 Å². The van der Waals surface area contributed by atoms with Gasteiger partial charge in [-0.3, -0.25) is 14.4 Å². The van der Waals surface area contributed by atoms with Gasteiger partial charge in [-0.15, -0.1) is 45.3 Å². The molecular weight excluding hydrogens is 572 g/mol. The minimum atomic E-state index is -2.35. The van der Waals surface area contributed by atoms with Gasteiger partial charge in [0.15, 0.2) is 23.3 Å². The third-order valence-corrected chi connectivity index (χ3v) is 10.4. The number of fused-ring (bicyclic) bond motifs is 3. The molecule has 0 saturated heterocycles. The zero-order valence-electron chi connectivity index (χ0n) is 17.8. The average Bonchev–Trinajstić information content (AvgIpc) is 3.68. The molecule has 5 aromatic rings. The lowest BCUT2D eigenvalue weighted by Crippen LogP contribution is -2.18. The summed E-state index contributed by atoms with van der Waals surface area (Å²) in [6.07, 6.45) is 0. The van der Waals surface area contributed by atoms with Crippen LogP contribution >= 0.6 is 45.3 Å². The van der Waals surface area contributed by atoms with Crippen LogP contribution in [0.3, 0.4) is 0 Å². The van der Waals surface area contributed by atoms with E-state index in [2.05, 4.69) is 0 Å². The Hall–Kier alpha value is -3.32. The average molecular weight is 579 g/mol. The number of Topliss-reactive ketones (excluding diaryl/α,β-unsaturated/α-hetero) is 2. The molecule has 0 radical (unpaired) electrons. The molecule has 0 amide bonds. The van der Waals surface area contributed by atoms with Gasteiger partial charge < -0.3 is 0 Å². The second-order valence-electron chi connectivity index (χ2n) is 7.78. The fourth-order valence-corrected chi connectivity index (χ4v) is 8.21. The minimum absolute atomic E-state index is 0.207. The van der Waals surface area contributed by atoms with Crippen molar-refractivity contribution in [1.82, 2.24) is 0 Å². The third kappa shape index (κ3) is 3.58. The predicted octanol–water partition coefficient (Wildman–Crippen LogP) is 8.24. The van der Waals surface area contributed by atoms with Gasteiger partial charge in [0.25, 0.3) is 0 Å². The maximum absolute atomic E-state index is 14.1. The largest absolute Gasteiger partial charge is 0.287 e. The summed E-state index contributed by atoms with van der Waals surface area (Å²) in [5.41, 5.74) is -1.02. The summed E-state index contributed by atoms with van der Waals surface area (Å²) in [5, 5.41) is 1.90. The van der Waals surface area contributed by atoms with Gasteiger partial charge in [0.05, 0.1) is 14.6 Å². The number of carbonyl (C=O) groups excluding carboxylic acids is 3. The van der Waals surface area contributed by atoms with Gasteiger partial charge in [-0.05, 0) is 35.7 Å². The quantitative estimate of drug-likeness (QED) is 0.0710. The molecule has 3 nitrogen and oxygen atoms in total. The van der Waals surface area contributed by atoms with E-state index in [1.807, 2.05) is 17.5 Å². The Morgan fingerprint density at radius 3 is 1.70 bits per heavy atom. The summed E-state index contributed by atoms with van der Waals surface area (Å²) in [4.78, 5) is 42.0. The predicted molar refractivity (Wildman–Crippen MR) is 133 cm³/mol. The number of thiophene rings is 4. The van der Waals surface area contributed by atoms with Crippen molar-refractivity contribution < 1.29 is 36.3 Å². The Kier molecular flexibility index (Phi) is 5.60. The number of ketones is 3. The Labute approximate surface area is 220 Å². The van der Waals surface area contributed by atoms with Crippen molar-refractivity contribution in [1.29, 1.82) is 0 Å². The molecule has 0 unspecified atom stereocenters. The lowest BCUT2D eigenvalue weighted by molar-refractivity contribution is 0.0816. The molecule has 1 aromatic carbocycles. The Bertz CT molecular complexity index is 1760. The van der Waals surface area contributed by atoms with E-state index in [1.54, 1.807) is 6.07 Å². The van der Waals surface area contributed by atoms with E-state index >= 15 is 0 Å².